The summed E-state index contributed by atoms with van der Waals surface area (Å²) in [4.78, 5) is 9.90. The lowest BCUT2D eigenvalue weighted by atomic mass is 10.1. The second-order valence-electron chi connectivity index (χ2n) is 7.44. The highest BCUT2D eigenvalue weighted by molar-refractivity contribution is 5.80. The predicted molar refractivity (Wildman–Crippen MR) is 104 cm³/mol. The molecular weight excluding hydrogens is 298 g/mol. The molecule has 5 heteroatoms. The molecule has 0 aromatic carbocycles. The number of hydrogen-bond acceptors (Lipinski definition) is 3. The van der Waals surface area contributed by atoms with Gasteiger partial charge in [-0.1, -0.05) is 19.8 Å². The average Bonchev–Trinajstić information content (AvgIpc) is 3.11. The zero-order valence-electron chi connectivity index (χ0n) is 16.2. The maximum atomic E-state index is 4.81. The van der Waals surface area contributed by atoms with E-state index >= 15 is 0 Å². The Kier molecular flexibility index (Phi) is 8.89. The first-order chi connectivity index (χ1) is 11.7. The van der Waals surface area contributed by atoms with Crippen molar-refractivity contribution in [2.24, 2.45) is 4.99 Å². The van der Waals surface area contributed by atoms with Crippen LogP contribution in [-0.2, 0) is 0 Å². The van der Waals surface area contributed by atoms with Crippen LogP contribution in [-0.4, -0.2) is 74.2 Å². The quantitative estimate of drug-likeness (QED) is 0.527. The van der Waals surface area contributed by atoms with E-state index in [2.05, 4.69) is 41.3 Å². The number of nitrogens with zero attached hydrogens (tertiary/aromatic N) is 3. The van der Waals surface area contributed by atoms with Crippen molar-refractivity contribution >= 4 is 5.96 Å². The van der Waals surface area contributed by atoms with E-state index in [1.54, 1.807) is 0 Å². The van der Waals surface area contributed by atoms with E-state index in [0.29, 0.717) is 6.04 Å². The molecule has 0 unspecified atom stereocenters. The van der Waals surface area contributed by atoms with E-state index < -0.39 is 0 Å². The van der Waals surface area contributed by atoms with Crippen LogP contribution in [0, 0.1) is 0 Å². The number of piperidine rings is 1. The molecule has 2 rings (SSSR count). The van der Waals surface area contributed by atoms with Gasteiger partial charge in [0, 0.05) is 38.3 Å². The van der Waals surface area contributed by atoms with Crippen LogP contribution in [0.3, 0.4) is 0 Å². The molecule has 2 fully saturated rings. The maximum Gasteiger partial charge on any atom is 0.191 e. The number of likely N-dealkylation sites (N-methyl/N-ethyl adjacent to an activating group) is 1. The number of nitrogens with one attached hydrogen (secondary N) is 2. The van der Waals surface area contributed by atoms with Crippen LogP contribution in [0.1, 0.15) is 58.8 Å². The summed E-state index contributed by atoms with van der Waals surface area (Å²) in [6, 6.07) is 1.36. The molecule has 2 N–H and O–H groups in total. The number of likely N-dealkylation sites (tertiary alicyclic amines) is 1. The topological polar surface area (TPSA) is 42.9 Å². The van der Waals surface area contributed by atoms with E-state index in [-0.39, 0.29) is 0 Å². The van der Waals surface area contributed by atoms with Crippen LogP contribution in [0.5, 0.6) is 0 Å². The second kappa shape index (κ2) is 10.9. The molecule has 1 saturated carbocycles. The lowest BCUT2D eigenvalue weighted by Gasteiger charge is -2.33. The van der Waals surface area contributed by atoms with Gasteiger partial charge in [0.25, 0.3) is 0 Å². The fourth-order valence-electron chi connectivity index (χ4n) is 3.98. The lowest BCUT2D eigenvalue weighted by molar-refractivity contribution is 0.206. The summed E-state index contributed by atoms with van der Waals surface area (Å²) in [5.41, 5.74) is 0. The van der Waals surface area contributed by atoms with Crippen LogP contribution >= 0.6 is 0 Å². The summed E-state index contributed by atoms with van der Waals surface area (Å²) in [6.45, 7) is 11.0. The van der Waals surface area contributed by atoms with Crippen LogP contribution < -0.4 is 10.6 Å². The van der Waals surface area contributed by atoms with Crippen LogP contribution in [0.2, 0.25) is 0 Å². The largest absolute Gasteiger partial charge is 0.357 e. The zero-order chi connectivity index (χ0) is 17.2. The Morgan fingerprint density at radius 2 is 1.83 bits per heavy atom. The van der Waals surface area contributed by atoms with Crippen molar-refractivity contribution in [1.82, 2.24) is 20.4 Å². The molecule has 0 aromatic heterocycles. The first kappa shape index (κ1) is 19.5. The highest BCUT2D eigenvalue weighted by Crippen LogP contribution is 2.21. The van der Waals surface area contributed by atoms with Gasteiger partial charge < -0.3 is 20.4 Å². The molecule has 0 aromatic rings. The number of aliphatic imine (C=N–C) groups is 1. The molecule has 1 heterocycles. The van der Waals surface area contributed by atoms with Crippen molar-refractivity contribution in [3.05, 3.63) is 0 Å². The fourth-order valence-corrected chi connectivity index (χ4v) is 3.98. The van der Waals surface area contributed by atoms with Crippen molar-refractivity contribution in [1.29, 1.82) is 0 Å². The van der Waals surface area contributed by atoms with Crippen molar-refractivity contribution in [3.63, 3.8) is 0 Å². The minimum Gasteiger partial charge on any atom is -0.357 e. The van der Waals surface area contributed by atoms with E-state index in [4.69, 9.17) is 4.99 Å². The molecule has 140 valence electrons. The summed E-state index contributed by atoms with van der Waals surface area (Å²) in [6.07, 6.45) is 9.26. The zero-order valence-corrected chi connectivity index (χ0v) is 16.2. The maximum absolute atomic E-state index is 4.81. The highest BCUT2D eigenvalue weighted by Gasteiger charge is 2.20. The molecule has 0 amide bonds. The third-order valence-corrected chi connectivity index (χ3v) is 5.48. The van der Waals surface area contributed by atoms with E-state index in [1.165, 1.54) is 64.6 Å². The molecule has 0 bridgehead atoms. The Bertz CT molecular complexity index is 357. The molecule has 0 atom stereocenters. The summed E-state index contributed by atoms with van der Waals surface area (Å²) in [5, 5.41) is 7.07. The monoisotopic (exact) mass is 337 g/mol. The van der Waals surface area contributed by atoms with Gasteiger partial charge in [-0.3, -0.25) is 4.99 Å². The van der Waals surface area contributed by atoms with Crippen molar-refractivity contribution in [2.45, 2.75) is 70.9 Å². The van der Waals surface area contributed by atoms with E-state index in [9.17, 15) is 0 Å². The van der Waals surface area contributed by atoms with Gasteiger partial charge in [-0.2, -0.15) is 0 Å². The van der Waals surface area contributed by atoms with Gasteiger partial charge in [-0.25, -0.2) is 0 Å². The number of hydrogen-bond donors (Lipinski definition) is 2. The summed E-state index contributed by atoms with van der Waals surface area (Å²) in [7, 11) is 2.26. The SMILES string of the molecule is CCCN1CCC(NC(=NCCN(C)C2CCCC2)NCC)CC1. The highest BCUT2D eigenvalue weighted by atomic mass is 15.2. The van der Waals surface area contributed by atoms with E-state index in [1.807, 2.05) is 0 Å². The van der Waals surface area contributed by atoms with Gasteiger partial charge >= 0.3 is 0 Å². The minimum atomic E-state index is 0.573. The summed E-state index contributed by atoms with van der Waals surface area (Å²) < 4.78 is 0. The average molecular weight is 338 g/mol. The number of rotatable bonds is 8. The Hall–Kier alpha value is -0.810. The Balaban J connectivity index is 1.72. The molecule has 0 spiro atoms. The van der Waals surface area contributed by atoms with E-state index in [0.717, 1.165) is 31.6 Å². The van der Waals surface area contributed by atoms with Gasteiger partial charge in [0.05, 0.1) is 6.54 Å². The Morgan fingerprint density at radius 3 is 2.46 bits per heavy atom. The van der Waals surface area contributed by atoms with Crippen LogP contribution in [0.4, 0.5) is 0 Å². The molecule has 0 radical (unpaired) electrons. The van der Waals surface area contributed by atoms with Crippen molar-refractivity contribution in [3.8, 4) is 0 Å². The summed E-state index contributed by atoms with van der Waals surface area (Å²) >= 11 is 0. The smallest absolute Gasteiger partial charge is 0.191 e. The van der Waals surface area contributed by atoms with Gasteiger partial charge in [-0.05, 0) is 52.6 Å². The standard InChI is InChI=1S/C19H39N5/c1-4-13-24-14-10-17(11-15-24)22-19(20-5-2)21-12-16-23(3)18-8-6-7-9-18/h17-18H,4-16H2,1-3H3,(H2,20,21,22). The predicted octanol–water partition coefficient (Wildman–Crippen LogP) is 2.29. The third-order valence-electron chi connectivity index (χ3n) is 5.48. The van der Waals surface area contributed by atoms with Crippen molar-refractivity contribution in [2.75, 3.05) is 46.3 Å². The molecule has 1 aliphatic carbocycles. The summed E-state index contributed by atoms with van der Waals surface area (Å²) in [5.74, 6) is 1.01. The first-order valence-corrected chi connectivity index (χ1v) is 10.2. The molecule has 24 heavy (non-hydrogen) atoms. The Labute approximate surface area is 149 Å². The third kappa shape index (κ3) is 6.60. The lowest BCUT2D eigenvalue weighted by Crippen LogP contribution is -2.49. The molecule has 1 saturated heterocycles. The Morgan fingerprint density at radius 1 is 1.12 bits per heavy atom. The number of guanidine groups is 1. The van der Waals surface area contributed by atoms with Gasteiger partial charge in [0.1, 0.15) is 0 Å². The van der Waals surface area contributed by atoms with Crippen molar-refractivity contribution < 1.29 is 0 Å². The second-order valence-corrected chi connectivity index (χ2v) is 7.44. The first-order valence-electron chi connectivity index (χ1n) is 10.2. The fraction of sp³-hybridized carbons (Fsp3) is 0.947. The molecule has 2 aliphatic rings. The van der Waals surface area contributed by atoms with Gasteiger partial charge in [0.15, 0.2) is 5.96 Å². The normalized spacial score (nSPS) is 21.6. The van der Waals surface area contributed by atoms with Gasteiger partial charge in [0.2, 0.25) is 0 Å². The van der Waals surface area contributed by atoms with Gasteiger partial charge in [-0.15, -0.1) is 0 Å². The van der Waals surface area contributed by atoms with Crippen LogP contribution in [0.25, 0.3) is 0 Å². The minimum absolute atomic E-state index is 0.573. The molecular formula is C19H39N5. The molecule has 1 aliphatic heterocycles. The molecule has 5 nitrogen and oxygen atoms in total. The van der Waals surface area contributed by atoms with Crippen LogP contribution in [0.15, 0.2) is 4.99 Å².